The lowest BCUT2D eigenvalue weighted by Gasteiger charge is -2.27. The zero-order chi connectivity index (χ0) is 10.8. The van der Waals surface area contributed by atoms with E-state index in [1.54, 1.807) is 0 Å². The first kappa shape index (κ1) is 10.1. The van der Waals surface area contributed by atoms with Crippen LogP contribution < -0.4 is 0 Å². The van der Waals surface area contributed by atoms with Crippen LogP contribution in [0.3, 0.4) is 0 Å². The Bertz CT molecular complexity index is 418. The van der Waals surface area contributed by atoms with Gasteiger partial charge in [-0.15, -0.1) is 0 Å². The Labute approximate surface area is 90.4 Å². The Morgan fingerprint density at radius 3 is 3.07 bits per heavy atom. The molecule has 0 spiro atoms. The van der Waals surface area contributed by atoms with Crippen LogP contribution in [0.4, 0.5) is 0 Å². The number of hydrogen-bond acceptors (Lipinski definition) is 3. The fourth-order valence-corrected chi connectivity index (χ4v) is 2.02. The van der Waals surface area contributed by atoms with Crippen LogP contribution in [-0.2, 0) is 13.0 Å². The van der Waals surface area contributed by atoms with E-state index in [-0.39, 0.29) is 0 Å². The fraction of sp³-hybridized carbons (Fsp3) is 0.500. The topological polar surface area (TPSA) is 39.9 Å². The minimum atomic E-state index is 0.715. The number of pyridine rings is 1. The minimum absolute atomic E-state index is 0.715. The summed E-state index contributed by atoms with van der Waals surface area (Å²) in [6, 6.07) is 4.20. The van der Waals surface area contributed by atoms with Crippen molar-refractivity contribution in [3.05, 3.63) is 28.6 Å². The molecule has 0 unspecified atom stereocenters. The van der Waals surface area contributed by atoms with E-state index in [1.165, 1.54) is 11.3 Å². The molecule has 1 aromatic rings. The van der Waals surface area contributed by atoms with Crippen molar-refractivity contribution in [2.45, 2.75) is 26.8 Å². The van der Waals surface area contributed by atoms with Gasteiger partial charge >= 0.3 is 0 Å². The third-order valence-electron chi connectivity index (χ3n) is 3.01. The Morgan fingerprint density at radius 1 is 1.60 bits per heavy atom. The lowest BCUT2D eigenvalue weighted by atomic mass is 10.0. The van der Waals surface area contributed by atoms with Gasteiger partial charge in [0.2, 0.25) is 0 Å². The molecule has 0 aliphatic carbocycles. The Balaban J connectivity index is 2.38. The molecule has 0 aromatic carbocycles. The van der Waals surface area contributed by atoms with E-state index in [1.807, 2.05) is 13.0 Å². The number of fused-ring (bicyclic) bond motifs is 1. The second kappa shape index (κ2) is 4.00. The van der Waals surface area contributed by atoms with Gasteiger partial charge in [0.1, 0.15) is 6.07 Å². The summed E-state index contributed by atoms with van der Waals surface area (Å²) < 4.78 is 0. The van der Waals surface area contributed by atoms with Crippen molar-refractivity contribution in [3.63, 3.8) is 0 Å². The van der Waals surface area contributed by atoms with Crippen LogP contribution >= 0.6 is 0 Å². The van der Waals surface area contributed by atoms with Crippen molar-refractivity contribution in [1.29, 1.82) is 5.26 Å². The molecular formula is C12H15N3. The molecule has 0 radical (unpaired) electrons. The zero-order valence-corrected chi connectivity index (χ0v) is 9.25. The lowest BCUT2D eigenvalue weighted by Crippen LogP contribution is -2.31. The van der Waals surface area contributed by atoms with Gasteiger partial charge in [-0.1, -0.05) is 6.92 Å². The number of aromatic nitrogens is 1. The molecule has 1 aromatic heterocycles. The van der Waals surface area contributed by atoms with Gasteiger partial charge in [0.05, 0.1) is 11.3 Å². The maximum atomic E-state index is 8.94. The van der Waals surface area contributed by atoms with E-state index in [2.05, 4.69) is 22.9 Å². The summed E-state index contributed by atoms with van der Waals surface area (Å²) in [7, 11) is 0. The summed E-state index contributed by atoms with van der Waals surface area (Å²) in [6.45, 7) is 7.16. The molecule has 1 aliphatic rings. The fourth-order valence-electron chi connectivity index (χ4n) is 2.02. The molecule has 0 N–H and O–H groups in total. The summed E-state index contributed by atoms with van der Waals surface area (Å²) in [5, 5.41) is 8.94. The zero-order valence-electron chi connectivity index (χ0n) is 9.25. The maximum absolute atomic E-state index is 8.94. The first-order valence-electron chi connectivity index (χ1n) is 5.36. The molecule has 2 rings (SSSR count). The Kier molecular flexibility index (Phi) is 2.70. The van der Waals surface area contributed by atoms with Crippen LogP contribution in [0.2, 0.25) is 0 Å². The van der Waals surface area contributed by atoms with Crippen molar-refractivity contribution in [2.24, 2.45) is 0 Å². The molecule has 78 valence electrons. The first-order valence-corrected chi connectivity index (χ1v) is 5.36. The van der Waals surface area contributed by atoms with Crippen LogP contribution in [0.5, 0.6) is 0 Å². The van der Waals surface area contributed by atoms with Crippen LogP contribution in [0, 0.1) is 18.3 Å². The van der Waals surface area contributed by atoms with Gasteiger partial charge in [-0.3, -0.25) is 9.88 Å². The SMILES string of the molecule is CCN1CCc2nc(C)c(C#N)cc2C1. The van der Waals surface area contributed by atoms with Crippen molar-refractivity contribution in [1.82, 2.24) is 9.88 Å². The van der Waals surface area contributed by atoms with Gasteiger partial charge in [0.25, 0.3) is 0 Å². The standard InChI is InChI=1S/C12H15N3/c1-3-15-5-4-12-11(8-15)6-10(7-13)9(2)14-12/h6H,3-5,8H2,1-2H3. The average molecular weight is 201 g/mol. The Hall–Kier alpha value is -1.40. The highest BCUT2D eigenvalue weighted by molar-refractivity contribution is 5.39. The third-order valence-corrected chi connectivity index (χ3v) is 3.01. The van der Waals surface area contributed by atoms with Crippen molar-refractivity contribution in [2.75, 3.05) is 13.1 Å². The molecule has 15 heavy (non-hydrogen) atoms. The number of nitrogens with zero attached hydrogens (tertiary/aromatic N) is 3. The molecule has 0 amide bonds. The van der Waals surface area contributed by atoms with Crippen molar-refractivity contribution < 1.29 is 0 Å². The van der Waals surface area contributed by atoms with E-state index in [4.69, 9.17) is 5.26 Å². The van der Waals surface area contributed by atoms with Crippen molar-refractivity contribution in [3.8, 4) is 6.07 Å². The van der Waals surface area contributed by atoms with Crippen LogP contribution in [0.1, 0.15) is 29.4 Å². The van der Waals surface area contributed by atoms with Crippen LogP contribution in [0.15, 0.2) is 6.07 Å². The lowest BCUT2D eigenvalue weighted by molar-refractivity contribution is 0.265. The second-order valence-corrected chi connectivity index (χ2v) is 3.96. The minimum Gasteiger partial charge on any atom is -0.299 e. The number of aryl methyl sites for hydroxylation is 1. The van der Waals surface area contributed by atoms with Gasteiger partial charge in [0.15, 0.2) is 0 Å². The summed E-state index contributed by atoms with van der Waals surface area (Å²) in [6.07, 6.45) is 1.01. The number of rotatable bonds is 1. The van der Waals surface area contributed by atoms with Gasteiger partial charge in [-0.25, -0.2) is 0 Å². The number of nitriles is 1. The molecule has 0 saturated carbocycles. The first-order chi connectivity index (χ1) is 7.24. The summed E-state index contributed by atoms with van der Waals surface area (Å²) in [4.78, 5) is 6.88. The Morgan fingerprint density at radius 2 is 2.40 bits per heavy atom. The number of likely N-dealkylation sites (N-methyl/N-ethyl adjacent to an activating group) is 1. The van der Waals surface area contributed by atoms with E-state index in [9.17, 15) is 0 Å². The molecule has 0 fully saturated rings. The van der Waals surface area contributed by atoms with E-state index in [0.717, 1.165) is 31.7 Å². The smallest absolute Gasteiger partial charge is 0.101 e. The normalized spacial score (nSPS) is 15.8. The third kappa shape index (κ3) is 1.86. The predicted octanol–water partition coefficient (Wildman–Crippen LogP) is 1.64. The average Bonchev–Trinajstić information content (AvgIpc) is 2.27. The molecule has 3 nitrogen and oxygen atoms in total. The molecular weight excluding hydrogens is 186 g/mol. The van der Waals surface area contributed by atoms with Gasteiger partial charge in [-0.2, -0.15) is 5.26 Å². The quantitative estimate of drug-likeness (QED) is 0.693. The molecule has 0 atom stereocenters. The molecule has 1 aliphatic heterocycles. The van der Waals surface area contributed by atoms with Crippen molar-refractivity contribution >= 4 is 0 Å². The maximum Gasteiger partial charge on any atom is 0.101 e. The van der Waals surface area contributed by atoms with Gasteiger partial charge in [0, 0.05) is 25.2 Å². The predicted molar refractivity (Wildman–Crippen MR) is 58.3 cm³/mol. The van der Waals surface area contributed by atoms with Gasteiger partial charge < -0.3 is 0 Å². The van der Waals surface area contributed by atoms with Gasteiger partial charge in [-0.05, 0) is 25.1 Å². The molecule has 0 saturated heterocycles. The highest BCUT2D eigenvalue weighted by Crippen LogP contribution is 2.19. The van der Waals surface area contributed by atoms with E-state index in [0.29, 0.717) is 5.56 Å². The highest BCUT2D eigenvalue weighted by Gasteiger charge is 2.17. The second-order valence-electron chi connectivity index (χ2n) is 3.96. The summed E-state index contributed by atoms with van der Waals surface area (Å²) in [5.74, 6) is 0. The summed E-state index contributed by atoms with van der Waals surface area (Å²) in [5.41, 5.74) is 3.98. The van der Waals surface area contributed by atoms with E-state index < -0.39 is 0 Å². The summed E-state index contributed by atoms with van der Waals surface area (Å²) >= 11 is 0. The molecule has 3 heteroatoms. The largest absolute Gasteiger partial charge is 0.299 e. The van der Waals surface area contributed by atoms with Crippen LogP contribution in [0.25, 0.3) is 0 Å². The van der Waals surface area contributed by atoms with E-state index >= 15 is 0 Å². The molecule has 0 bridgehead atoms. The highest BCUT2D eigenvalue weighted by atomic mass is 15.1. The monoisotopic (exact) mass is 201 g/mol. The number of hydrogen-bond donors (Lipinski definition) is 0. The molecule has 2 heterocycles. The van der Waals surface area contributed by atoms with Crippen LogP contribution in [-0.4, -0.2) is 23.0 Å².